The van der Waals surface area contributed by atoms with Crippen molar-refractivity contribution in [1.29, 1.82) is 0 Å². The van der Waals surface area contributed by atoms with Crippen LogP contribution in [-0.2, 0) is 16.1 Å². The predicted molar refractivity (Wildman–Crippen MR) is 121 cm³/mol. The number of halogens is 2. The summed E-state index contributed by atoms with van der Waals surface area (Å²) in [4.78, 5) is 34.4. The highest BCUT2D eigenvalue weighted by atomic mass is 35.5. The van der Waals surface area contributed by atoms with E-state index in [-0.39, 0.29) is 17.9 Å². The van der Waals surface area contributed by atoms with E-state index in [4.69, 9.17) is 25.8 Å². The van der Waals surface area contributed by atoms with Crippen molar-refractivity contribution in [2.45, 2.75) is 6.61 Å². The van der Waals surface area contributed by atoms with Crippen LogP contribution >= 0.6 is 11.6 Å². The molecule has 0 spiro atoms. The second-order valence-corrected chi connectivity index (χ2v) is 7.20. The Morgan fingerprint density at radius 1 is 1.09 bits per heavy atom. The van der Waals surface area contributed by atoms with Crippen LogP contribution in [0.3, 0.4) is 0 Å². The highest BCUT2D eigenvalue weighted by Gasteiger charge is 2.17. The summed E-state index contributed by atoms with van der Waals surface area (Å²) in [5.74, 6) is -1.98. The molecule has 0 unspecified atom stereocenters. The number of benzene rings is 3. The van der Waals surface area contributed by atoms with E-state index < -0.39 is 40.6 Å². The van der Waals surface area contributed by atoms with Gasteiger partial charge < -0.3 is 19.5 Å². The first-order valence-corrected chi connectivity index (χ1v) is 10.1. The molecule has 1 N–H and O–H groups in total. The zero-order chi connectivity index (χ0) is 24.7. The fourth-order valence-corrected chi connectivity index (χ4v) is 3.00. The number of nitro benzene ring substituents is 1. The molecule has 34 heavy (non-hydrogen) atoms. The number of nitrogens with zero attached hydrogens (tertiary/aromatic N) is 1. The van der Waals surface area contributed by atoms with E-state index >= 15 is 0 Å². The number of non-ortho nitro benzene ring substituents is 1. The Kier molecular flexibility index (Phi) is 7.99. The number of esters is 1. The van der Waals surface area contributed by atoms with Crippen molar-refractivity contribution < 1.29 is 33.1 Å². The lowest BCUT2D eigenvalue weighted by Crippen LogP contribution is -2.21. The normalized spacial score (nSPS) is 10.3. The van der Waals surface area contributed by atoms with Gasteiger partial charge in [-0.25, -0.2) is 9.18 Å². The van der Waals surface area contributed by atoms with Gasteiger partial charge in [-0.2, -0.15) is 0 Å². The molecule has 3 rings (SSSR count). The maximum Gasteiger partial charge on any atom is 0.338 e. The van der Waals surface area contributed by atoms with Crippen LogP contribution in [-0.4, -0.2) is 30.5 Å². The zero-order valence-corrected chi connectivity index (χ0v) is 18.5. The molecule has 0 fully saturated rings. The number of nitrogens with one attached hydrogen (secondary N) is 1. The van der Waals surface area contributed by atoms with Crippen molar-refractivity contribution in [3.8, 4) is 11.5 Å². The Morgan fingerprint density at radius 2 is 1.85 bits per heavy atom. The highest BCUT2D eigenvalue weighted by Crippen LogP contribution is 2.30. The lowest BCUT2D eigenvalue weighted by atomic mass is 10.2. The summed E-state index contributed by atoms with van der Waals surface area (Å²) < 4.78 is 29.7. The minimum Gasteiger partial charge on any atom is -0.493 e. The monoisotopic (exact) mass is 488 g/mol. The number of methoxy groups -OCH3 is 1. The van der Waals surface area contributed by atoms with Gasteiger partial charge in [-0.3, -0.25) is 14.9 Å². The van der Waals surface area contributed by atoms with Crippen LogP contribution in [0.5, 0.6) is 11.5 Å². The Balaban J connectivity index is 1.60. The average molecular weight is 489 g/mol. The van der Waals surface area contributed by atoms with Crippen LogP contribution < -0.4 is 14.8 Å². The Bertz CT molecular complexity index is 1240. The lowest BCUT2D eigenvalue weighted by molar-refractivity contribution is -0.384. The van der Waals surface area contributed by atoms with Gasteiger partial charge in [0.25, 0.3) is 11.6 Å². The summed E-state index contributed by atoms with van der Waals surface area (Å²) in [7, 11) is 1.40. The van der Waals surface area contributed by atoms with E-state index in [0.717, 1.165) is 23.8 Å². The molecule has 1 amide bonds. The van der Waals surface area contributed by atoms with E-state index in [1.165, 1.54) is 25.3 Å². The number of nitro groups is 1. The van der Waals surface area contributed by atoms with Crippen LogP contribution in [0.15, 0.2) is 60.7 Å². The first-order valence-electron chi connectivity index (χ1n) is 9.73. The Hall–Kier alpha value is -4.18. The van der Waals surface area contributed by atoms with Crippen molar-refractivity contribution in [1.82, 2.24) is 0 Å². The Morgan fingerprint density at radius 3 is 2.56 bits per heavy atom. The summed E-state index contributed by atoms with van der Waals surface area (Å²) in [5, 5.41) is 13.5. The van der Waals surface area contributed by atoms with Crippen LogP contribution in [0.25, 0.3) is 0 Å². The second-order valence-electron chi connectivity index (χ2n) is 6.79. The van der Waals surface area contributed by atoms with Gasteiger partial charge in [-0.05, 0) is 30.3 Å². The fraction of sp³-hybridized carbons (Fsp3) is 0.130. The van der Waals surface area contributed by atoms with Crippen LogP contribution in [0.2, 0.25) is 5.02 Å². The van der Waals surface area contributed by atoms with Gasteiger partial charge in [-0.15, -0.1) is 0 Å². The third kappa shape index (κ3) is 6.20. The molecule has 0 saturated carbocycles. The predicted octanol–water partition coefficient (Wildman–Crippen LogP) is 4.77. The van der Waals surface area contributed by atoms with Gasteiger partial charge in [0.05, 0.1) is 23.3 Å². The number of hydrogen-bond donors (Lipinski definition) is 1. The molecule has 11 heteroatoms. The molecular weight excluding hydrogens is 471 g/mol. The maximum atomic E-state index is 13.8. The molecule has 0 atom stereocenters. The van der Waals surface area contributed by atoms with Crippen molar-refractivity contribution >= 4 is 34.9 Å². The molecule has 0 aliphatic carbocycles. The number of rotatable bonds is 9. The SMILES string of the molecule is COc1cc(C(=O)OCC(=O)Nc2cc([N+](=O)[O-])ccc2F)ccc1OCc1ccccc1Cl. The molecule has 176 valence electrons. The maximum absolute atomic E-state index is 13.8. The van der Waals surface area contributed by atoms with E-state index in [2.05, 4.69) is 5.32 Å². The number of carbonyl (C=O) groups excluding carboxylic acids is 2. The number of hydrogen-bond acceptors (Lipinski definition) is 7. The summed E-state index contributed by atoms with van der Waals surface area (Å²) in [6.45, 7) is -0.567. The molecule has 9 nitrogen and oxygen atoms in total. The molecule has 0 heterocycles. The minimum atomic E-state index is -0.876. The first-order chi connectivity index (χ1) is 16.3. The molecular formula is C23H18ClFN2O7. The van der Waals surface area contributed by atoms with Crippen LogP contribution in [0.4, 0.5) is 15.8 Å². The van der Waals surface area contributed by atoms with Crippen LogP contribution in [0, 0.1) is 15.9 Å². The standard InChI is InChI=1S/C23H18ClFN2O7/c1-32-21-10-14(6-9-20(21)33-12-15-4-2-3-5-17(15)24)23(29)34-13-22(28)26-19-11-16(27(30)31)7-8-18(19)25/h2-11H,12-13H2,1H3,(H,26,28). The van der Waals surface area contributed by atoms with Crippen LogP contribution in [0.1, 0.15) is 15.9 Å². The highest BCUT2D eigenvalue weighted by molar-refractivity contribution is 6.31. The summed E-state index contributed by atoms with van der Waals surface area (Å²) in [6, 6.07) is 14.1. The van der Waals surface area contributed by atoms with Crippen molar-refractivity contribution in [2.75, 3.05) is 19.0 Å². The molecule has 0 bridgehead atoms. The summed E-state index contributed by atoms with van der Waals surface area (Å²) in [5.41, 5.74) is 0.0340. The van der Waals surface area contributed by atoms with Gasteiger partial charge in [0.2, 0.25) is 0 Å². The smallest absolute Gasteiger partial charge is 0.338 e. The molecule has 3 aromatic carbocycles. The van der Waals surface area contributed by atoms with Gasteiger partial charge in [0.1, 0.15) is 12.4 Å². The molecule has 0 saturated heterocycles. The summed E-state index contributed by atoms with van der Waals surface area (Å²) >= 11 is 6.12. The largest absolute Gasteiger partial charge is 0.493 e. The second kappa shape index (κ2) is 11.1. The van der Waals surface area contributed by atoms with Gasteiger partial charge in [-0.1, -0.05) is 29.8 Å². The van der Waals surface area contributed by atoms with Crippen molar-refractivity contribution in [3.05, 3.63) is 92.7 Å². The molecule has 0 aliphatic heterocycles. The number of anilines is 1. The third-order valence-electron chi connectivity index (χ3n) is 4.51. The zero-order valence-electron chi connectivity index (χ0n) is 17.7. The first kappa shape index (κ1) is 24.5. The molecule has 0 radical (unpaired) electrons. The van der Waals surface area contributed by atoms with Crippen molar-refractivity contribution in [3.63, 3.8) is 0 Å². The van der Waals surface area contributed by atoms with E-state index in [0.29, 0.717) is 10.8 Å². The topological polar surface area (TPSA) is 117 Å². The number of amides is 1. The van der Waals surface area contributed by atoms with Gasteiger partial charge in [0.15, 0.2) is 18.1 Å². The van der Waals surface area contributed by atoms with E-state index in [9.17, 15) is 24.1 Å². The van der Waals surface area contributed by atoms with E-state index in [1.54, 1.807) is 12.1 Å². The molecule has 3 aromatic rings. The lowest BCUT2D eigenvalue weighted by Gasteiger charge is -2.13. The van der Waals surface area contributed by atoms with Gasteiger partial charge >= 0.3 is 5.97 Å². The third-order valence-corrected chi connectivity index (χ3v) is 4.88. The quantitative estimate of drug-likeness (QED) is 0.262. The Labute approximate surface area is 198 Å². The minimum absolute atomic E-state index is 0.0799. The van der Waals surface area contributed by atoms with Gasteiger partial charge in [0, 0.05) is 22.7 Å². The number of carbonyl (C=O) groups is 2. The van der Waals surface area contributed by atoms with Crippen molar-refractivity contribution in [2.24, 2.45) is 0 Å². The summed E-state index contributed by atoms with van der Waals surface area (Å²) in [6.07, 6.45) is 0. The molecule has 0 aromatic heterocycles. The average Bonchev–Trinajstić information content (AvgIpc) is 2.83. The molecule has 0 aliphatic rings. The fourth-order valence-electron chi connectivity index (χ4n) is 2.81. The van der Waals surface area contributed by atoms with E-state index in [1.807, 2.05) is 12.1 Å². The number of ether oxygens (including phenoxy) is 3.